The average molecular weight is 516 g/mol. The molecule has 2 amide bonds. The van der Waals surface area contributed by atoms with Crippen LogP contribution in [0.5, 0.6) is 0 Å². The summed E-state index contributed by atoms with van der Waals surface area (Å²) in [5, 5.41) is 9.04. The van der Waals surface area contributed by atoms with Crippen molar-refractivity contribution in [2.75, 3.05) is 45.8 Å². The van der Waals surface area contributed by atoms with Crippen LogP contribution in [0.25, 0.3) is 11.4 Å². The van der Waals surface area contributed by atoms with Gasteiger partial charge in [0.25, 0.3) is 5.91 Å². The smallest absolute Gasteiger partial charge is 0.253 e. The van der Waals surface area contributed by atoms with Gasteiger partial charge in [0.1, 0.15) is 5.82 Å². The number of likely N-dealkylation sites (N-methyl/N-ethyl adjacent to an activating group) is 1. The van der Waals surface area contributed by atoms with E-state index in [1.54, 1.807) is 12.4 Å². The molecule has 1 saturated heterocycles. The number of nitrogens with zero attached hydrogens (tertiary/aromatic N) is 7. The molecule has 1 atom stereocenters. The fourth-order valence-corrected chi connectivity index (χ4v) is 5.52. The minimum atomic E-state index is -0.105. The minimum Gasteiger partial charge on any atom is -0.340 e. The molecule has 0 spiro atoms. The number of pyridine rings is 1. The van der Waals surface area contributed by atoms with E-state index in [2.05, 4.69) is 31.6 Å². The molecule has 5 rings (SSSR count). The van der Waals surface area contributed by atoms with E-state index in [1.165, 1.54) is 0 Å². The maximum atomic E-state index is 13.7. The predicted molar refractivity (Wildman–Crippen MR) is 145 cm³/mol. The monoisotopic (exact) mass is 515 g/mol. The second-order valence-corrected chi connectivity index (χ2v) is 10.1. The zero-order valence-corrected chi connectivity index (χ0v) is 22.2. The first kappa shape index (κ1) is 26.0. The highest BCUT2D eigenvalue weighted by Gasteiger charge is 2.29. The van der Waals surface area contributed by atoms with E-state index in [4.69, 9.17) is 0 Å². The number of rotatable bonds is 4. The van der Waals surface area contributed by atoms with Crippen LogP contribution in [0.1, 0.15) is 42.4 Å². The molecule has 0 aliphatic carbocycles. The van der Waals surface area contributed by atoms with Crippen molar-refractivity contribution in [3.8, 4) is 11.4 Å². The average Bonchev–Trinajstić information content (AvgIpc) is 3.37. The summed E-state index contributed by atoms with van der Waals surface area (Å²) in [4.78, 5) is 37.7. The molecule has 9 nitrogen and oxygen atoms in total. The number of amides is 2. The third kappa shape index (κ3) is 5.93. The van der Waals surface area contributed by atoms with Gasteiger partial charge in [-0.05, 0) is 50.1 Å². The summed E-state index contributed by atoms with van der Waals surface area (Å²) in [6.45, 7) is 8.42. The molecule has 2 aliphatic heterocycles. The minimum absolute atomic E-state index is 0.0157. The number of piperazine rings is 1. The first-order chi connectivity index (χ1) is 18.6. The lowest BCUT2D eigenvalue weighted by Crippen LogP contribution is -2.50. The quantitative estimate of drug-likeness (QED) is 0.531. The van der Waals surface area contributed by atoms with Crippen LogP contribution in [0.4, 0.5) is 0 Å². The first-order valence-electron chi connectivity index (χ1n) is 13.8. The Kier molecular flexibility index (Phi) is 8.43. The molecule has 1 unspecified atom stereocenters. The topological polar surface area (TPSA) is 87.5 Å². The van der Waals surface area contributed by atoms with Crippen LogP contribution in [0.15, 0.2) is 54.9 Å². The van der Waals surface area contributed by atoms with Crippen LogP contribution in [0.3, 0.4) is 0 Å². The summed E-state index contributed by atoms with van der Waals surface area (Å²) < 4.78 is 2.13. The highest BCUT2D eigenvalue weighted by Crippen LogP contribution is 2.24. The van der Waals surface area contributed by atoms with Crippen molar-refractivity contribution in [1.82, 2.24) is 34.4 Å². The molecule has 0 radical (unpaired) electrons. The van der Waals surface area contributed by atoms with Crippen molar-refractivity contribution in [2.45, 2.75) is 39.2 Å². The number of hydrogen-bond donors (Lipinski definition) is 0. The lowest BCUT2D eigenvalue weighted by Gasteiger charge is -2.36. The van der Waals surface area contributed by atoms with Gasteiger partial charge in [-0.3, -0.25) is 14.6 Å². The van der Waals surface area contributed by atoms with E-state index in [0.717, 1.165) is 69.2 Å². The lowest BCUT2D eigenvalue weighted by molar-refractivity contribution is -0.137. The molecule has 2 aromatic heterocycles. The number of aromatic nitrogens is 4. The molecule has 0 bridgehead atoms. The van der Waals surface area contributed by atoms with Crippen molar-refractivity contribution in [1.29, 1.82) is 0 Å². The molecule has 0 saturated carbocycles. The van der Waals surface area contributed by atoms with Gasteiger partial charge in [0.05, 0.1) is 0 Å². The van der Waals surface area contributed by atoms with Gasteiger partial charge in [0, 0.05) is 81.7 Å². The van der Waals surface area contributed by atoms with E-state index in [0.29, 0.717) is 31.6 Å². The van der Waals surface area contributed by atoms with Gasteiger partial charge >= 0.3 is 0 Å². The van der Waals surface area contributed by atoms with E-state index in [9.17, 15) is 9.59 Å². The standard InChI is InChI=1S/C29H37N7O2/c1-2-33-18-20-35(21-19-33)29(38)24-11-7-15-34(28(37)23-8-4-3-5-9-23)16-13-26-31-32-27(36(26)17-12-24)25-10-6-14-30-22-25/h3-6,8-10,14,22,24H,2,7,11-13,15-21H2,1H3. The third-order valence-electron chi connectivity index (χ3n) is 7.82. The van der Waals surface area contributed by atoms with E-state index in [1.807, 2.05) is 52.3 Å². The molecular formula is C29H37N7O2. The van der Waals surface area contributed by atoms with Crippen molar-refractivity contribution in [3.05, 3.63) is 66.2 Å². The number of carbonyl (C=O) groups excluding carboxylic acids is 2. The first-order valence-corrected chi connectivity index (χ1v) is 13.8. The summed E-state index contributed by atoms with van der Waals surface area (Å²) in [7, 11) is 0. The van der Waals surface area contributed by atoms with Gasteiger partial charge in [-0.15, -0.1) is 10.2 Å². The van der Waals surface area contributed by atoms with Crippen LogP contribution in [0.2, 0.25) is 0 Å². The van der Waals surface area contributed by atoms with Gasteiger partial charge < -0.3 is 19.3 Å². The molecule has 200 valence electrons. The Balaban J connectivity index is 1.41. The highest BCUT2D eigenvalue weighted by molar-refractivity contribution is 5.94. The molecule has 38 heavy (non-hydrogen) atoms. The Hall–Kier alpha value is -3.59. The largest absolute Gasteiger partial charge is 0.340 e. The summed E-state index contributed by atoms with van der Waals surface area (Å²) in [6, 6.07) is 13.3. The molecule has 9 heteroatoms. The molecule has 0 N–H and O–H groups in total. The fraction of sp³-hybridized carbons (Fsp3) is 0.483. The van der Waals surface area contributed by atoms with Crippen molar-refractivity contribution < 1.29 is 9.59 Å². The molecule has 1 aromatic carbocycles. The number of hydrogen-bond acceptors (Lipinski definition) is 6. The van der Waals surface area contributed by atoms with Crippen molar-refractivity contribution >= 4 is 11.8 Å². The Labute approximate surface area is 224 Å². The predicted octanol–water partition coefficient (Wildman–Crippen LogP) is 2.99. The number of fused-ring (bicyclic) bond motifs is 1. The van der Waals surface area contributed by atoms with E-state index in [-0.39, 0.29) is 17.7 Å². The summed E-state index contributed by atoms with van der Waals surface area (Å²) in [6.07, 6.45) is 6.41. The Morgan fingerprint density at radius 1 is 0.868 bits per heavy atom. The molecular weight excluding hydrogens is 478 g/mol. The maximum absolute atomic E-state index is 13.7. The Bertz CT molecular complexity index is 1210. The van der Waals surface area contributed by atoms with E-state index < -0.39 is 0 Å². The normalized spacial score (nSPS) is 19.4. The fourth-order valence-electron chi connectivity index (χ4n) is 5.52. The molecule has 3 aromatic rings. The van der Waals surface area contributed by atoms with Gasteiger partial charge in [0.2, 0.25) is 5.91 Å². The van der Waals surface area contributed by atoms with Crippen LogP contribution in [0, 0.1) is 5.92 Å². The summed E-state index contributed by atoms with van der Waals surface area (Å²) >= 11 is 0. The number of benzene rings is 1. The van der Waals surface area contributed by atoms with Gasteiger partial charge in [-0.25, -0.2) is 0 Å². The SMILES string of the molecule is CCN1CCN(C(=O)C2CCCN(C(=O)c3ccccc3)CCc3nnc(-c4cccnc4)n3CC2)CC1. The highest BCUT2D eigenvalue weighted by atomic mass is 16.2. The van der Waals surface area contributed by atoms with E-state index >= 15 is 0 Å². The van der Waals surface area contributed by atoms with Crippen LogP contribution in [-0.2, 0) is 17.8 Å². The third-order valence-corrected chi connectivity index (χ3v) is 7.82. The van der Waals surface area contributed by atoms with Crippen molar-refractivity contribution in [2.24, 2.45) is 5.92 Å². The van der Waals surface area contributed by atoms with Crippen molar-refractivity contribution in [3.63, 3.8) is 0 Å². The zero-order valence-electron chi connectivity index (χ0n) is 22.2. The summed E-state index contributed by atoms with van der Waals surface area (Å²) in [5.74, 6) is 1.74. The number of carbonyl (C=O) groups is 2. The Morgan fingerprint density at radius 2 is 1.68 bits per heavy atom. The second-order valence-electron chi connectivity index (χ2n) is 10.1. The zero-order chi connectivity index (χ0) is 26.3. The lowest BCUT2D eigenvalue weighted by atomic mass is 9.96. The van der Waals surface area contributed by atoms with Crippen LogP contribution >= 0.6 is 0 Å². The molecule has 1 fully saturated rings. The maximum Gasteiger partial charge on any atom is 0.253 e. The molecule has 2 aliphatic rings. The summed E-state index contributed by atoms with van der Waals surface area (Å²) in [5.41, 5.74) is 1.58. The molecule has 4 heterocycles. The Morgan fingerprint density at radius 3 is 2.42 bits per heavy atom. The van der Waals surface area contributed by atoms with Gasteiger partial charge in [-0.2, -0.15) is 0 Å². The van der Waals surface area contributed by atoms with Crippen LogP contribution in [-0.4, -0.2) is 92.1 Å². The van der Waals surface area contributed by atoms with Gasteiger partial charge in [0.15, 0.2) is 5.82 Å². The van der Waals surface area contributed by atoms with Crippen LogP contribution < -0.4 is 0 Å². The van der Waals surface area contributed by atoms with Gasteiger partial charge in [-0.1, -0.05) is 25.1 Å². The second kappa shape index (κ2) is 12.3.